The number of hydrogen-bond acceptors (Lipinski definition) is 3. The van der Waals surface area contributed by atoms with Gasteiger partial charge in [-0.2, -0.15) is 26.3 Å². The van der Waals surface area contributed by atoms with Gasteiger partial charge in [-0.15, -0.1) is 12.4 Å². The highest BCUT2D eigenvalue weighted by Gasteiger charge is 2.41. The average Bonchev–Trinajstić information content (AvgIpc) is 2.91. The first-order valence-corrected chi connectivity index (χ1v) is 13.3. The van der Waals surface area contributed by atoms with Crippen LogP contribution in [0.1, 0.15) is 53.0 Å². The number of rotatable bonds is 5. The lowest BCUT2D eigenvalue weighted by molar-refractivity contribution is -0.144. The van der Waals surface area contributed by atoms with Crippen molar-refractivity contribution in [1.29, 1.82) is 0 Å². The van der Waals surface area contributed by atoms with Crippen LogP contribution >= 0.6 is 12.4 Å². The third-order valence-electron chi connectivity index (χ3n) is 7.96. The molecule has 2 atom stereocenters. The van der Waals surface area contributed by atoms with E-state index in [9.17, 15) is 35.9 Å². The van der Waals surface area contributed by atoms with E-state index in [1.54, 1.807) is 4.90 Å². The molecule has 0 radical (unpaired) electrons. The van der Waals surface area contributed by atoms with Gasteiger partial charge in [0.25, 0.3) is 0 Å². The molecule has 4 rings (SSSR count). The number of nitrogens with zero attached hydrogens (tertiary/aromatic N) is 2. The van der Waals surface area contributed by atoms with Gasteiger partial charge in [0.2, 0.25) is 11.8 Å². The van der Waals surface area contributed by atoms with Crippen LogP contribution in [0.2, 0.25) is 0 Å². The van der Waals surface area contributed by atoms with Gasteiger partial charge in [0, 0.05) is 44.4 Å². The molecule has 2 aromatic rings. The smallest absolute Gasteiger partial charge is 0.342 e. The highest BCUT2D eigenvalue weighted by molar-refractivity contribution is 5.85. The Morgan fingerprint density at radius 3 is 2.10 bits per heavy atom. The van der Waals surface area contributed by atoms with Crippen LogP contribution in [-0.2, 0) is 28.5 Å². The number of alkyl halides is 6. The second-order valence-electron chi connectivity index (χ2n) is 10.8. The molecule has 12 heteroatoms. The van der Waals surface area contributed by atoms with Crippen molar-refractivity contribution in [3.05, 3.63) is 70.3 Å². The van der Waals surface area contributed by atoms with E-state index in [1.807, 2.05) is 31.2 Å². The van der Waals surface area contributed by atoms with Crippen molar-refractivity contribution in [1.82, 2.24) is 15.1 Å². The Labute approximate surface area is 241 Å². The SMILES string of the molecule is Cc1ccccc1C1CN(C(=O)C2CCNCC2)CCC1C(=O)N(C)Cc1cc(C(F)(F)F)cc(C(F)(F)F)c1.Cl. The Morgan fingerprint density at radius 2 is 1.54 bits per heavy atom. The predicted octanol–water partition coefficient (Wildman–Crippen LogP) is 6.04. The first kappa shape index (κ1) is 32.7. The van der Waals surface area contributed by atoms with Crippen LogP contribution in [0.25, 0.3) is 0 Å². The number of amides is 2. The lowest BCUT2D eigenvalue weighted by atomic mass is 9.78. The van der Waals surface area contributed by atoms with Crippen LogP contribution in [0.3, 0.4) is 0 Å². The number of benzene rings is 2. The van der Waals surface area contributed by atoms with E-state index >= 15 is 0 Å². The van der Waals surface area contributed by atoms with Crippen LogP contribution < -0.4 is 5.32 Å². The van der Waals surface area contributed by atoms with Crippen LogP contribution in [0, 0.1) is 18.8 Å². The lowest BCUT2D eigenvalue weighted by Gasteiger charge is -2.41. The molecular formula is C29H34ClF6N3O2. The van der Waals surface area contributed by atoms with E-state index in [2.05, 4.69) is 5.32 Å². The third-order valence-corrected chi connectivity index (χ3v) is 7.96. The summed E-state index contributed by atoms with van der Waals surface area (Å²) in [5.41, 5.74) is -1.25. The summed E-state index contributed by atoms with van der Waals surface area (Å²) in [6.45, 7) is 3.71. The Kier molecular flexibility index (Phi) is 10.4. The first-order chi connectivity index (χ1) is 18.8. The summed E-state index contributed by atoms with van der Waals surface area (Å²) in [5.74, 6) is -1.35. The number of carbonyl (C=O) groups is 2. The maximum absolute atomic E-state index is 13.7. The predicted molar refractivity (Wildman–Crippen MR) is 144 cm³/mol. The normalized spacial score (nSPS) is 20.3. The fraction of sp³-hybridized carbons (Fsp3) is 0.517. The van der Waals surface area contributed by atoms with E-state index in [4.69, 9.17) is 0 Å². The standard InChI is InChI=1S/C29H33F6N3O2.ClH/c1-18-5-3-4-6-23(18)25-17-38(26(39)20-7-10-36-11-8-20)12-9-24(25)27(40)37(2)16-19-13-21(28(30,31)32)15-22(14-19)29(33,34)35;/h3-6,13-15,20,24-25,36H,7-12,16-17H2,1-2H3;1H. The molecule has 2 fully saturated rings. The highest BCUT2D eigenvalue weighted by atomic mass is 35.5. The quantitative estimate of drug-likeness (QED) is 0.423. The fourth-order valence-electron chi connectivity index (χ4n) is 5.84. The Bertz CT molecular complexity index is 1200. The number of piperidine rings is 2. The number of carbonyl (C=O) groups excluding carboxylic acids is 2. The summed E-state index contributed by atoms with van der Waals surface area (Å²) >= 11 is 0. The number of aryl methyl sites for hydroxylation is 1. The second-order valence-corrected chi connectivity index (χ2v) is 10.8. The summed E-state index contributed by atoms with van der Waals surface area (Å²) in [7, 11) is 1.39. The topological polar surface area (TPSA) is 52.7 Å². The third kappa shape index (κ3) is 7.74. The van der Waals surface area contributed by atoms with Gasteiger partial charge in [-0.3, -0.25) is 9.59 Å². The Morgan fingerprint density at radius 1 is 0.951 bits per heavy atom. The van der Waals surface area contributed by atoms with Gasteiger partial charge in [-0.25, -0.2) is 0 Å². The van der Waals surface area contributed by atoms with E-state index in [0.29, 0.717) is 31.6 Å². The second kappa shape index (κ2) is 13.0. The van der Waals surface area contributed by atoms with Gasteiger partial charge < -0.3 is 15.1 Å². The average molecular weight is 606 g/mol. The van der Waals surface area contributed by atoms with Gasteiger partial charge in [-0.1, -0.05) is 24.3 Å². The number of likely N-dealkylation sites (tertiary alicyclic amines) is 1. The molecule has 0 spiro atoms. The first-order valence-electron chi connectivity index (χ1n) is 13.3. The number of nitrogens with one attached hydrogen (secondary N) is 1. The molecule has 226 valence electrons. The zero-order valence-electron chi connectivity index (χ0n) is 22.8. The summed E-state index contributed by atoms with van der Waals surface area (Å²) in [6, 6.07) is 8.92. The number of halogens is 7. The maximum atomic E-state index is 13.7. The van der Waals surface area contributed by atoms with Crippen molar-refractivity contribution in [3.8, 4) is 0 Å². The number of hydrogen-bond donors (Lipinski definition) is 1. The monoisotopic (exact) mass is 605 g/mol. The summed E-state index contributed by atoms with van der Waals surface area (Å²) < 4.78 is 80.1. The summed E-state index contributed by atoms with van der Waals surface area (Å²) in [4.78, 5) is 30.0. The maximum Gasteiger partial charge on any atom is 0.416 e. The molecule has 2 aromatic carbocycles. The lowest BCUT2D eigenvalue weighted by Crippen LogP contribution is -2.50. The van der Waals surface area contributed by atoms with Crippen LogP contribution in [0.4, 0.5) is 26.3 Å². The molecule has 0 aromatic heterocycles. The Hall–Kier alpha value is -2.79. The Balaban J connectivity index is 0.00000462. The van der Waals surface area contributed by atoms with Crippen molar-refractivity contribution < 1.29 is 35.9 Å². The van der Waals surface area contributed by atoms with Crippen molar-refractivity contribution in [2.75, 3.05) is 33.2 Å². The van der Waals surface area contributed by atoms with E-state index in [0.717, 1.165) is 37.1 Å². The zero-order valence-corrected chi connectivity index (χ0v) is 23.6. The fourth-order valence-corrected chi connectivity index (χ4v) is 5.84. The summed E-state index contributed by atoms with van der Waals surface area (Å²) in [5, 5.41) is 3.25. The molecule has 0 bridgehead atoms. The summed E-state index contributed by atoms with van der Waals surface area (Å²) in [6.07, 6.45) is -8.11. The van der Waals surface area contributed by atoms with Crippen LogP contribution in [0.5, 0.6) is 0 Å². The van der Waals surface area contributed by atoms with Gasteiger partial charge in [0.05, 0.1) is 11.1 Å². The molecule has 41 heavy (non-hydrogen) atoms. The van der Waals surface area contributed by atoms with E-state index in [1.165, 1.54) is 11.9 Å². The van der Waals surface area contributed by atoms with Crippen molar-refractivity contribution in [2.24, 2.45) is 11.8 Å². The largest absolute Gasteiger partial charge is 0.416 e. The van der Waals surface area contributed by atoms with Crippen molar-refractivity contribution in [2.45, 2.75) is 51.0 Å². The van der Waals surface area contributed by atoms with Gasteiger partial charge in [0.15, 0.2) is 0 Å². The molecule has 2 amide bonds. The molecule has 1 N–H and O–H groups in total. The van der Waals surface area contributed by atoms with Crippen molar-refractivity contribution >= 4 is 24.2 Å². The van der Waals surface area contributed by atoms with E-state index in [-0.39, 0.29) is 47.7 Å². The minimum atomic E-state index is -4.97. The molecule has 2 saturated heterocycles. The van der Waals surface area contributed by atoms with Gasteiger partial charge in [-0.05, 0) is 74.2 Å². The van der Waals surface area contributed by atoms with Crippen LogP contribution in [0.15, 0.2) is 42.5 Å². The molecule has 2 aliphatic rings. The minimum absolute atomic E-state index is 0. The highest BCUT2D eigenvalue weighted by Crippen LogP contribution is 2.38. The molecule has 2 aliphatic heterocycles. The van der Waals surface area contributed by atoms with Gasteiger partial charge >= 0.3 is 12.4 Å². The van der Waals surface area contributed by atoms with E-state index < -0.39 is 35.9 Å². The molecule has 2 unspecified atom stereocenters. The molecule has 0 aliphatic carbocycles. The van der Waals surface area contributed by atoms with Crippen molar-refractivity contribution in [3.63, 3.8) is 0 Å². The minimum Gasteiger partial charge on any atom is -0.342 e. The molecule has 5 nitrogen and oxygen atoms in total. The zero-order chi connectivity index (χ0) is 29.2. The van der Waals surface area contributed by atoms with Gasteiger partial charge in [0.1, 0.15) is 0 Å². The molecule has 2 heterocycles. The molecular weight excluding hydrogens is 572 g/mol. The molecule has 0 saturated carbocycles. The van der Waals surface area contributed by atoms with Crippen LogP contribution in [-0.4, -0.2) is 54.8 Å².